The summed E-state index contributed by atoms with van der Waals surface area (Å²) in [5.41, 5.74) is 6.54. The second-order valence-corrected chi connectivity index (χ2v) is 16.0. The van der Waals surface area contributed by atoms with Crippen LogP contribution in [0.4, 0.5) is 4.79 Å². The molecule has 3 amide bonds. The van der Waals surface area contributed by atoms with Crippen LogP contribution in [0.25, 0.3) is 0 Å². The molecule has 3 N–H and O–H groups in total. The normalized spacial score (nSPS) is 11.2. The number of nitrogens with zero attached hydrogens (tertiary/aromatic N) is 1. The Labute approximate surface area is 333 Å². The number of nitrogens with one attached hydrogen (secondary N) is 1. The van der Waals surface area contributed by atoms with E-state index in [0.29, 0.717) is 0 Å². The van der Waals surface area contributed by atoms with Crippen LogP contribution in [0.2, 0.25) is 0 Å². The average Bonchev–Trinajstić information content (AvgIpc) is 3.17. The lowest BCUT2D eigenvalue weighted by Crippen LogP contribution is -2.49. The number of hydrogen-bond donors (Lipinski definition) is 2. The summed E-state index contributed by atoms with van der Waals surface area (Å²) in [5.74, 6) is -0.801. The van der Waals surface area contributed by atoms with E-state index in [-0.39, 0.29) is 31.6 Å². The molecule has 0 saturated heterocycles. The summed E-state index contributed by atoms with van der Waals surface area (Å²) in [7, 11) is 0. The molecule has 0 aromatic heterocycles. The van der Waals surface area contributed by atoms with Gasteiger partial charge >= 0.3 is 6.09 Å². The van der Waals surface area contributed by atoms with Crippen molar-refractivity contribution in [3.63, 3.8) is 0 Å². The van der Waals surface area contributed by atoms with Crippen molar-refractivity contribution in [3.05, 3.63) is 35.9 Å². The smallest absolute Gasteiger partial charge is 0.407 e. The van der Waals surface area contributed by atoms with Crippen LogP contribution < -0.4 is 11.1 Å². The molecular weight excluding hydrogens is 671 g/mol. The maximum atomic E-state index is 13.5. The van der Waals surface area contributed by atoms with Crippen LogP contribution in [-0.2, 0) is 20.9 Å². The van der Waals surface area contributed by atoms with Gasteiger partial charge in [-0.25, -0.2) is 4.79 Å². The van der Waals surface area contributed by atoms with E-state index in [2.05, 4.69) is 19.2 Å². The van der Waals surface area contributed by atoms with Gasteiger partial charge in [-0.15, -0.1) is 0 Å². The maximum Gasteiger partial charge on any atom is 0.407 e. The number of benzene rings is 1. The fourth-order valence-corrected chi connectivity index (χ4v) is 7.57. The van der Waals surface area contributed by atoms with Crippen LogP contribution in [0.15, 0.2) is 30.3 Å². The molecule has 0 heterocycles. The number of hydrogen-bond acceptors (Lipinski definition) is 4. The van der Waals surface area contributed by atoms with Gasteiger partial charge in [-0.3, -0.25) is 9.59 Å². The molecule has 0 unspecified atom stereocenters. The van der Waals surface area contributed by atoms with Crippen LogP contribution in [-0.4, -0.2) is 41.9 Å². The molecule has 1 aromatic carbocycles. The quantitative estimate of drug-likeness (QED) is 0.0653. The summed E-state index contributed by atoms with van der Waals surface area (Å²) in [6.45, 7) is 4.35. The van der Waals surface area contributed by atoms with Gasteiger partial charge in [-0.1, -0.05) is 237 Å². The molecule has 312 valence electrons. The van der Waals surface area contributed by atoms with Crippen LogP contribution in [0.1, 0.15) is 225 Å². The SMILES string of the molecule is CCCCCCCCCCCCCCCCCC(CCCCCCCCCCCCCCCCC)N(CC(N)=O)C(=O)CNC(=O)OCc1ccccc1. The number of unbranched alkanes of at least 4 members (excludes halogenated alkanes) is 28. The number of ether oxygens (including phenoxy) is 1. The first-order chi connectivity index (χ1) is 26.5. The topological polar surface area (TPSA) is 102 Å². The molecule has 7 nitrogen and oxygen atoms in total. The highest BCUT2D eigenvalue weighted by Gasteiger charge is 2.25. The van der Waals surface area contributed by atoms with E-state index in [1.165, 1.54) is 167 Å². The second-order valence-electron chi connectivity index (χ2n) is 16.0. The van der Waals surface area contributed by atoms with E-state index in [4.69, 9.17) is 10.5 Å². The summed E-state index contributed by atoms with van der Waals surface area (Å²) in [5, 5.41) is 2.60. The number of alkyl carbamates (subject to hydrolysis) is 1. The zero-order valence-electron chi connectivity index (χ0n) is 35.4. The van der Waals surface area contributed by atoms with E-state index < -0.39 is 12.0 Å². The Morgan fingerprint density at radius 3 is 1.26 bits per heavy atom. The molecule has 0 atom stereocenters. The number of rotatable bonds is 39. The molecule has 0 fully saturated rings. The van der Waals surface area contributed by atoms with E-state index in [1.54, 1.807) is 4.90 Å². The Kier molecular flexibility index (Phi) is 34.2. The summed E-state index contributed by atoms with van der Waals surface area (Å²) >= 11 is 0. The van der Waals surface area contributed by atoms with Gasteiger partial charge in [-0.05, 0) is 18.4 Å². The number of nitrogens with two attached hydrogens (primary N) is 1. The monoisotopic (exact) mass is 756 g/mol. The molecule has 0 radical (unpaired) electrons. The van der Waals surface area contributed by atoms with Crippen LogP contribution in [0.5, 0.6) is 0 Å². The lowest BCUT2D eigenvalue weighted by Gasteiger charge is -2.31. The number of carbonyl (C=O) groups excluding carboxylic acids is 3. The van der Waals surface area contributed by atoms with Crippen molar-refractivity contribution in [3.8, 4) is 0 Å². The lowest BCUT2D eigenvalue weighted by atomic mass is 9.98. The Morgan fingerprint density at radius 1 is 0.556 bits per heavy atom. The molecule has 1 rings (SSSR count). The van der Waals surface area contributed by atoms with Crippen molar-refractivity contribution in [1.29, 1.82) is 0 Å². The predicted octanol–water partition coefficient (Wildman–Crippen LogP) is 13.1. The van der Waals surface area contributed by atoms with E-state index >= 15 is 0 Å². The molecule has 1 aromatic rings. The zero-order valence-corrected chi connectivity index (χ0v) is 35.4. The average molecular weight is 756 g/mol. The standard InChI is InChI=1S/C47H85N3O4/c1-3-5-7-9-11-13-15-17-19-21-23-25-27-29-34-38-44(39-35-30-28-26-24-22-20-18-16-14-12-10-8-6-4-2)50(41-45(48)51)46(52)40-49-47(53)54-42-43-36-32-31-33-37-43/h31-33,36-37,44H,3-30,34-35,38-42H2,1-2H3,(H2,48,51)(H,49,53). The lowest BCUT2D eigenvalue weighted by molar-refractivity contribution is -0.137. The number of carbonyl (C=O) groups is 3. The molecule has 0 aliphatic heterocycles. The third kappa shape index (κ3) is 30.7. The Balaban J connectivity index is 2.45. The number of amides is 3. The van der Waals surface area contributed by atoms with Gasteiger partial charge in [0, 0.05) is 6.04 Å². The largest absolute Gasteiger partial charge is 0.445 e. The predicted molar refractivity (Wildman–Crippen MR) is 228 cm³/mol. The van der Waals surface area contributed by atoms with Gasteiger partial charge in [0.2, 0.25) is 11.8 Å². The van der Waals surface area contributed by atoms with Crippen LogP contribution in [0.3, 0.4) is 0 Å². The molecular formula is C47H85N3O4. The van der Waals surface area contributed by atoms with Crippen LogP contribution >= 0.6 is 0 Å². The molecule has 0 bridgehead atoms. The minimum absolute atomic E-state index is 0.0592. The maximum absolute atomic E-state index is 13.5. The fourth-order valence-electron chi connectivity index (χ4n) is 7.57. The van der Waals surface area contributed by atoms with Gasteiger partial charge < -0.3 is 20.7 Å². The third-order valence-corrected chi connectivity index (χ3v) is 11.0. The summed E-state index contributed by atoms with van der Waals surface area (Å²) < 4.78 is 5.31. The Hall–Kier alpha value is -2.57. The van der Waals surface area contributed by atoms with Crippen molar-refractivity contribution in [2.45, 2.75) is 232 Å². The van der Waals surface area contributed by atoms with Gasteiger partial charge in [0.15, 0.2) is 0 Å². The first-order valence-electron chi connectivity index (χ1n) is 23.0. The van der Waals surface area contributed by atoms with Crippen molar-refractivity contribution in [2.75, 3.05) is 13.1 Å². The minimum atomic E-state index is -0.646. The first-order valence-corrected chi connectivity index (χ1v) is 23.0. The third-order valence-electron chi connectivity index (χ3n) is 11.0. The van der Waals surface area contributed by atoms with Crippen molar-refractivity contribution < 1.29 is 19.1 Å². The number of primary amides is 1. The van der Waals surface area contributed by atoms with Gasteiger partial charge in [0.1, 0.15) is 13.2 Å². The Bertz CT molecular complexity index is 970. The van der Waals surface area contributed by atoms with E-state index in [0.717, 1.165) is 44.1 Å². The molecule has 0 aliphatic rings. The minimum Gasteiger partial charge on any atom is -0.445 e. The van der Waals surface area contributed by atoms with E-state index in [9.17, 15) is 14.4 Å². The molecule has 54 heavy (non-hydrogen) atoms. The molecule has 0 aliphatic carbocycles. The van der Waals surface area contributed by atoms with Crippen molar-refractivity contribution in [1.82, 2.24) is 10.2 Å². The van der Waals surface area contributed by atoms with Crippen molar-refractivity contribution in [2.24, 2.45) is 5.73 Å². The molecule has 7 heteroatoms. The first kappa shape index (κ1) is 49.4. The molecule has 0 spiro atoms. The van der Waals surface area contributed by atoms with Crippen molar-refractivity contribution >= 4 is 17.9 Å². The highest BCUT2D eigenvalue weighted by molar-refractivity contribution is 5.86. The highest BCUT2D eigenvalue weighted by Crippen LogP contribution is 2.21. The molecule has 0 saturated carbocycles. The zero-order chi connectivity index (χ0) is 39.2. The summed E-state index contributed by atoms with van der Waals surface area (Å²) in [6.07, 6.45) is 40.5. The highest BCUT2D eigenvalue weighted by atomic mass is 16.5. The van der Waals surface area contributed by atoms with Gasteiger partial charge in [0.05, 0.1) is 6.54 Å². The fraction of sp³-hybridized carbons (Fsp3) is 0.809. The Morgan fingerprint density at radius 2 is 0.907 bits per heavy atom. The summed E-state index contributed by atoms with van der Waals surface area (Å²) in [4.78, 5) is 39.7. The van der Waals surface area contributed by atoms with Gasteiger partial charge in [-0.2, -0.15) is 0 Å². The summed E-state index contributed by atoms with van der Waals surface area (Å²) in [6, 6.07) is 9.39. The second kappa shape index (κ2) is 37.4. The van der Waals surface area contributed by atoms with Crippen LogP contribution in [0, 0.1) is 0 Å². The van der Waals surface area contributed by atoms with Gasteiger partial charge in [0.25, 0.3) is 0 Å². The van der Waals surface area contributed by atoms with E-state index in [1.807, 2.05) is 30.3 Å².